The molecule has 34 heavy (non-hydrogen) atoms. The largest absolute Gasteiger partial charge is 0.494 e. The smallest absolute Gasteiger partial charge is 0.369 e. The third-order valence-corrected chi connectivity index (χ3v) is 4.98. The van der Waals surface area contributed by atoms with Crippen molar-refractivity contribution in [3.8, 4) is 11.5 Å². The van der Waals surface area contributed by atoms with E-state index in [0.29, 0.717) is 29.4 Å². The lowest BCUT2D eigenvalue weighted by atomic mass is 10.1. The minimum Gasteiger partial charge on any atom is -0.494 e. The van der Waals surface area contributed by atoms with Crippen molar-refractivity contribution in [2.24, 2.45) is 0 Å². The Hall–Kier alpha value is -4.00. The molecule has 1 atom stereocenters. The molecule has 0 radical (unpaired) electrons. The van der Waals surface area contributed by atoms with Crippen LogP contribution in [-0.2, 0) is 16.0 Å². The van der Waals surface area contributed by atoms with Gasteiger partial charge in [0.2, 0.25) is 0 Å². The Morgan fingerprint density at radius 1 is 0.882 bits per heavy atom. The van der Waals surface area contributed by atoms with Crippen LogP contribution in [0.3, 0.4) is 0 Å². The second kappa shape index (κ2) is 12.9. The van der Waals surface area contributed by atoms with E-state index in [0.717, 1.165) is 19.3 Å². The van der Waals surface area contributed by atoms with Crippen LogP contribution in [0.2, 0.25) is 0 Å². The summed E-state index contributed by atoms with van der Waals surface area (Å²) in [6, 6.07) is 23.6. The molecule has 0 aliphatic heterocycles. The van der Waals surface area contributed by atoms with Crippen molar-refractivity contribution in [1.82, 2.24) is 5.32 Å². The maximum atomic E-state index is 12.7. The molecule has 178 valence electrons. The number of rotatable bonds is 12. The second-order valence-electron chi connectivity index (χ2n) is 7.61. The van der Waals surface area contributed by atoms with Crippen LogP contribution in [0.15, 0.2) is 78.9 Å². The molecular formula is C27H30N2O5. The lowest BCUT2D eigenvalue weighted by Gasteiger charge is -2.19. The summed E-state index contributed by atoms with van der Waals surface area (Å²) in [6.07, 6.45) is 1.69. The Morgan fingerprint density at radius 3 is 2.24 bits per heavy atom. The van der Waals surface area contributed by atoms with Crippen molar-refractivity contribution in [3.05, 3.63) is 90.0 Å². The fraction of sp³-hybridized carbons (Fsp3) is 0.259. The molecule has 0 bridgehead atoms. The van der Waals surface area contributed by atoms with E-state index in [1.54, 1.807) is 55.5 Å². The minimum atomic E-state index is -1.29. The van der Waals surface area contributed by atoms with Crippen LogP contribution in [0.25, 0.3) is 0 Å². The average molecular weight is 463 g/mol. The van der Waals surface area contributed by atoms with E-state index in [-0.39, 0.29) is 6.61 Å². The SMILES string of the molecule is CCOC(=O)C(NC(=O)c1ccc(OCCCCc2ccccc2)cc1)Oc1ccc(N)cc1. The van der Waals surface area contributed by atoms with Gasteiger partial charge >= 0.3 is 5.97 Å². The molecule has 0 heterocycles. The number of ether oxygens (including phenoxy) is 3. The number of hydrogen-bond acceptors (Lipinski definition) is 6. The number of nitrogen functional groups attached to an aromatic ring is 1. The van der Waals surface area contributed by atoms with E-state index < -0.39 is 18.1 Å². The first-order valence-electron chi connectivity index (χ1n) is 11.3. The molecule has 0 aliphatic carbocycles. The number of nitrogens with two attached hydrogens (primary N) is 1. The number of aryl methyl sites for hydroxylation is 1. The molecule has 3 aromatic rings. The first-order chi connectivity index (χ1) is 16.5. The molecule has 3 N–H and O–H groups in total. The van der Waals surface area contributed by atoms with Gasteiger partial charge in [0.25, 0.3) is 12.1 Å². The molecule has 0 aliphatic rings. The van der Waals surface area contributed by atoms with Gasteiger partial charge in [0.15, 0.2) is 0 Å². The number of nitrogens with one attached hydrogen (secondary N) is 1. The molecular weight excluding hydrogens is 432 g/mol. The van der Waals surface area contributed by atoms with E-state index in [4.69, 9.17) is 19.9 Å². The Balaban J connectivity index is 1.49. The van der Waals surface area contributed by atoms with Crippen molar-refractivity contribution < 1.29 is 23.8 Å². The van der Waals surface area contributed by atoms with Gasteiger partial charge in [0.05, 0.1) is 13.2 Å². The van der Waals surface area contributed by atoms with Crippen LogP contribution in [0.1, 0.15) is 35.7 Å². The van der Waals surface area contributed by atoms with Crippen LogP contribution < -0.4 is 20.5 Å². The molecule has 0 spiro atoms. The van der Waals surface area contributed by atoms with E-state index >= 15 is 0 Å². The number of carbonyl (C=O) groups is 2. The maximum absolute atomic E-state index is 12.7. The summed E-state index contributed by atoms with van der Waals surface area (Å²) in [4.78, 5) is 25.0. The molecule has 0 aromatic heterocycles. The van der Waals surface area contributed by atoms with Gasteiger partial charge in [-0.3, -0.25) is 4.79 Å². The summed E-state index contributed by atoms with van der Waals surface area (Å²) in [6.45, 7) is 2.44. The highest BCUT2D eigenvalue weighted by atomic mass is 16.6. The van der Waals surface area contributed by atoms with Crippen LogP contribution in [0.5, 0.6) is 11.5 Å². The maximum Gasteiger partial charge on any atom is 0.369 e. The number of hydrogen-bond donors (Lipinski definition) is 2. The van der Waals surface area contributed by atoms with E-state index in [1.807, 2.05) is 18.2 Å². The first kappa shape index (κ1) is 24.6. The summed E-state index contributed by atoms with van der Waals surface area (Å²) in [5, 5.41) is 2.57. The normalized spacial score (nSPS) is 11.3. The number of unbranched alkanes of at least 4 members (excludes halogenated alkanes) is 1. The average Bonchev–Trinajstić information content (AvgIpc) is 2.86. The summed E-state index contributed by atoms with van der Waals surface area (Å²) < 4.78 is 16.4. The summed E-state index contributed by atoms with van der Waals surface area (Å²) in [7, 11) is 0. The Labute approximate surface area is 199 Å². The van der Waals surface area contributed by atoms with Gasteiger partial charge in [-0.15, -0.1) is 0 Å². The van der Waals surface area contributed by atoms with Crippen molar-refractivity contribution >= 4 is 17.6 Å². The van der Waals surface area contributed by atoms with Crippen molar-refractivity contribution in [1.29, 1.82) is 0 Å². The van der Waals surface area contributed by atoms with Crippen molar-refractivity contribution in [3.63, 3.8) is 0 Å². The van der Waals surface area contributed by atoms with Crippen LogP contribution >= 0.6 is 0 Å². The number of esters is 1. The Bertz CT molecular complexity index is 1040. The van der Waals surface area contributed by atoms with Gasteiger partial charge in [-0.05, 0) is 80.3 Å². The quantitative estimate of drug-likeness (QED) is 0.179. The summed E-state index contributed by atoms with van der Waals surface area (Å²) in [5.74, 6) is -0.106. The predicted octanol–water partition coefficient (Wildman–Crippen LogP) is 4.37. The molecule has 7 nitrogen and oxygen atoms in total. The van der Waals surface area contributed by atoms with Crippen LogP contribution in [0, 0.1) is 0 Å². The van der Waals surface area contributed by atoms with Gasteiger partial charge in [0, 0.05) is 11.3 Å². The summed E-state index contributed by atoms with van der Waals surface area (Å²) >= 11 is 0. The van der Waals surface area contributed by atoms with Crippen molar-refractivity contribution in [2.75, 3.05) is 18.9 Å². The van der Waals surface area contributed by atoms with Gasteiger partial charge in [-0.25, -0.2) is 4.79 Å². The second-order valence-corrected chi connectivity index (χ2v) is 7.61. The third-order valence-electron chi connectivity index (χ3n) is 4.98. The third kappa shape index (κ3) is 7.85. The van der Waals surface area contributed by atoms with E-state index in [1.165, 1.54) is 5.56 Å². The summed E-state index contributed by atoms with van der Waals surface area (Å²) in [5.41, 5.74) is 7.92. The molecule has 0 fully saturated rings. The van der Waals surface area contributed by atoms with Gasteiger partial charge in [-0.2, -0.15) is 0 Å². The number of carbonyl (C=O) groups excluding carboxylic acids is 2. The standard InChI is InChI=1S/C27H30N2O5/c1-2-32-27(31)26(34-24-17-13-22(28)14-18-24)29-25(30)21-11-15-23(16-12-21)33-19-7-6-10-20-8-4-3-5-9-20/h3-5,8-9,11-18,26H,2,6-7,10,19,28H2,1H3,(H,29,30). The zero-order valence-electron chi connectivity index (χ0n) is 19.2. The van der Waals surface area contributed by atoms with Crippen LogP contribution in [0.4, 0.5) is 5.69 Å². The fourth-order valence-corrected chi connectivity index (χ4v) is 3.21. The van der Waals surface area contributed by atoms with Gasteiger partial charge < -0.3 is 25.3 Å². The molecule has 1 unspecified atom stereocenters. The monoisotopic (exact) mass is 462 g/mol. The lowest BCUT2D eigenvalue weighted by molar-refractivity contribution is -0.152. The highest BCUT2D eigenvalue weighted by Crippen LogP contribution is 2.16. The molecule has 0 saturated heterocycles. The van der Waals surface area contributed by atoms with E-state index in [2.05, 4.69) is 17.4 Å². The van der Waals surface area contributed by atoms with Crippen LogP contribution in [-0.4, -0.2) is 31.3 Å². The fourth-order valence-electron chi connectivity index (χ4n) is 3.21. The van der Waals surface area contributed by atoms with Gasteiger partial charge in [0.1, 0.15) is 11.5 Å². The number of anilines is 1. The molecule has 1 amide bonds. The minimum absolute atomic E-state index is 0.160. The van der Waals surface area contributed by atoms with E-state index in [9.17, 15) is 9.59 Å². The van der Waals surface area contributed by atoms with Crippen molar-refractivity contribution in [2.45, 2.75) is 32.4 Å². The Kier molecular flexibility index (Phi) is 9.34. The highest BCUT2D eigenvalue weighted by Gasteiger charge is 2.24. The zero-order valence-corrected chi connectivity index (χ0v) is 19.2. The predicted molar refractivity (Wildman–Crippen MR) is 131 cm³/mol. The lowest BCUT2D eigenvalue weighted by Crippen LogP contribution is -2.46. The molecule has 3 aromatic carbocycles. The molecule has 0 saturated carbocycles. The molecule has 3 rings (SSSR count). The zero-order chi connectivity index (χ0) is 24.2. The Morgan fingerprint density at radius 2 is 1.56 bits per heavy atom. The highest BCUT2D eigenvalue weighted by molar-refractivity contribution is 5.96. The number of amides is 1. The first-order valence-corrected chi connectivity index (χ1v) is 11.3. The number of benzene rings is 3. The topological polar surface area (TPSA) is 99.9 Å². The molecule has 7 heteroatoms. The van der Waals surface area contributed by atoms with Gasteiger partial charge in [-0.1, -0.05) is 30.3 Å².